The molecule has 0 unspecified atom stereocenters. The summed E-state index contributed by atoms with van der Waals surface area (Å²) in [5, 5.41) is 0. The molecule has 2 aromatic heterocycles. The van der Waals surface area contributed by atoms with Gasteiger partial charge in [0.1, 0.15) is 11.5 Å². The van der Waals surface area contributed by atoms with Crippen molar-refractivity contribution in [1.29, 1.82) is 0 Å². The number of pyridine rings is 1. The van der Waals surface area contributed by atoms with Crippen LogP contribution in [-0.4, -0.2) is 40.8 Å². The van der Waals surface area contributed by atoms with Crippen LogP contribution in [0.1, 0.15) is 11.3 Å². The fourth-order valence-corrected chi connectivity index (χ4v) is 3.32. The Morgan fingerprint density at radius 1 is 1.08 bits per heavy atom. The highest BCUT2D eigenvalue weighted by molar-refractivity contribution is 5.54. The maximum Gasteiger partial charge on any atom is 0.180 e. The Balaban J connectivity index is 1.65. The van der Waals surface area contributed by atoms with Gasteiger partial charge in [-0.05, 0) is 31.0 Å². The largest absolute Gasteiger partial charge is 0.377 e. The van der Waals surface area contributed by atoms with Crippen molar-refractivity contribution in [1.82, 2.24) is 15.0 Å². The highest BCUT2D eigenvalue weighted by Crippen LogP contribution is 2.23. The number of benzene rings is 1. The monoisotopic (exact) mass is 346 g/mol. The molecule has 3 aromatic rings. The van der Waals surface area contributed by atoms with Crippen molar-refractivity contribution in [2.45, 2.75) is 19.4 Å². The van der Waals surface area contributed by atoms with E-state index in [0.29, 0.717) is 19.0 Å². The van der Waals surface area contributed by atoms with Crippen LogP contribution in [0.4, 0.5) is 5.82 Å². The Kier molecular flexibility index (Phi) is 4.88. The number of nitrogens with zero attached hydrogens (tertiary/aromatic N) is 4. The van der Waals surface area contributed by atoms with E-state index in [-0.39, 0.29) is 6.04 Å². The zero-order chi connectivity index (χ0) is 17.8. The Hall–Kier alpha value is -2.79. The number of ether oxygens (including phenoxy) is 1. The molecular weight excluding hydrogens is 324 g/mol. The van der Waals surface area contributed by atoms with Crippen molar-refractivity contribution in [3.63, 3.8) is 0 Å². The number of anilines is 1. The van der Waals surface area contributed by atoms with E-state index in [1.807, 2.05) is 31.2 Å². The molecule has 1 aromatic carbocycles. The third-order valence-electron chi connectivity index (χ3n) is 4.57. The molecule has 0 bridgehead atoms. The second kappa shape index (κ2) is 7.62. The van der Waals surface area contributed by atoms with E-state index in [4.69, 9.17) is 9.72 Å². The second-order valence-electron chi connectivity index (χ2n) is 6.52. The van der Waals surface area contributed by atoms with E-state index >= 15 is 0 Å². The second-order valence-corrected chi connectivity index (χ2v) is 6.52. The molecule has 0 spiro atoms. The van der Waals surface area contributed by atoms with Gasteiger partial charge in [-0.2, -0.15) is 0 Å². The van der Waals surface area contributed by atoms with Gasteiger partial charge in [0.05, 0.1) is 19.3 Å². The molecule has 0 N–H and O–H groups in total. The third kappa shape index (κ3) is 3.73. The average Bonchev–Trinajstić information content (AvgIpc) is 2.69. The van der Waals surface area contributed by atoms with Crippen LogP contribution in [0.25, 0.3) is 11.5 Å². The molecule has 1 aliphatic heterocycles. The summed E-state index contributed by atoms with van der Waals surface area (Å²) in [6.45, 7) is 4.25. The van der Waals surface area contributed by atoms with Gasteiger partial charge in [-0.15, -0.1) is 0 Å². The lowest BCUT2D eigenvalue weighted by Gasteiger charge is -2.37. The van der Waals surface area contributed by atoms with Crippen LogP contribution in [0.2, 0.25) is 0 Å². The molecule has 132 valence electrons. The maximum absolute atomic E-state index is 5.75. The molecule has 4 rings (SSSR count). The van der Waals surface area contributed by atoms with E-state index in [2.05, 4.69) is 45.2 Å². The van der Waals surface area contributed by atoms with Crippen LogP contribution < -0.4 is 4.90 Å². The zero-order valence-corrected chi connectivity index (χ0v) is 14.9. The summed E-state index contributed by atoms with van der Waals surface area (Å²) < 4.78 is 5.75. The predicted octanol–water partition coefficient (Wildman–Crippen LogP) is 3.29. The Morgan fingerprint density at radius 3 is 2.73 bits per heavy atom. The highest BCUT2D eigenvalue weighted by Gasteiger charge is 2.25. The molecule has 1 atom stereocenters. The summed E-state index contributed by atoms with van der Waals surface area (Å²) in [6, 6.07) is 18.7. The third-order valence-corrected chi connectivity index (χ3v) is 4.57. The molecule has 0 saturated carbocycles. The predicted molar refractivity (Wildman–Crippen MR) is 102 cm³/mol. The fourth-order valence-electron chi connectivity index (χ4n) is 3.32. The summed E-state index contributed by atoms with van der Waals surface area (Å²) in [4.78, 5) is 16.1. The van der Waals surface area contributed by atoms with Crippen LogP contribution in [0.3, 0.4) is 0 Å². The SMILES string of the molecule is Cc1cc(N2CCOC[C@H]2Cc2ccccc2)nc(-c2ccccn2)n1. The van der Waals surface area contributed by atoms with Crippen molar-refractivity contribution in [3.8, 4) is 11.5 Å². The quantitative estimate of drug-likeness (QED) is 0.725. The fraction of sp³-hybridized carbons (Fsp3) is 0.286. The van der Waals surface area contributed by atoms with Crippen LogP contribution >= 0.6 is 0 Å². The van der Waals surface area contributed by atoms with Gasteiger partial charge in [-0.3, -0.25) is 4.98 Å². The number of rotatable bonds is 4. The first kappa shape index (κ1) is 16.7. The molecule has 1 fully saturated rings. The summed E-state index contributed by atoms with van der Waals surface area (Å²) in [5.41, 5.74) is 3.05. The van der Waals surface area contributed by atoms with Crippen LogP contribution in [-0.2, 0) is 11.2 Å². The van der Waals surface area contributed by atoms with Gasteiger partial charge in [-0.1, -0.05) is 36.4 Å². The molecule has 5 nitrogen and oxygen atoms in total. The normalized spacial score (nSPS) is 17.3. The number of aryl methyl sites for hydroxylation is 1. The van der Waals surface area contributed by atoms with E-state index in [9.17, 15) is 0 Å². The Morgan fingerprint density at radius 2 is 1.92 bits per heavy atom. The first-order valence-corrected chi connectivity index (χ1v) is 8.95. The van der Waals surface area contributed by atoms with Gasteiger partial charge in [0, 0.05) is 24.5 Å². The van der Waals surface area contributed by atoms with E-state index in [1.165, 1.54) is 5.56 Å². The average molecular weight is 346 g/mol. The topological polar surface area (TPSA) is 51.1 Å². The minimum absolute atomic E-state index is 0.261. The van der Waals surface area contributed by atoms with Crippen molar-refractivity contribution in [2.24, 2.45) is 0 Å². The smallest absolute Gasteiger partial charge is 0.180 e. The van der Waals surface area contributed by atoms with Gasteiger partial charge in [-0.25, -0.2) is 9.97 Å². The number of morpholine rings is 1. The highest BCUT2D eigenvalue weighted by atomic mass is 16.5. The Bertz CT molecular complexity index is 854. The number of aromatic nitrogens is 3. The molecule has 0 amide bonds. The molecule has 5 heteroatoms. The first-order valence-electron chi connectivity index (χ1n) is 8.95. The molecule has 0 radical (unpaired) electrons. The maximum atomic E-state index is 5.75. The minimum Gasteiger partial charge on any atom is -0.377 e. The van der Waals surface area contributed by atoms with Gasteiger partial charge >= 0.3 is 0 Å². The van der Waals surface area contributed by atoms with Crippen molar-refractivity contribution < 1.29 is 4.74 Å². The van der Waals surface area contributed by atoms with Gasteiger partial charge in [0.15, 0.2) is 5.82 Å². The standard InChI is InChI=1S/C21H22N4O/c1-16-13-20(24-21(23-16)19-9-5-6-10-22-19)25-11-12-26-15-18(25)14-17-7-3-2-4-8-17/h2-10,13,18H,11-12,14-15H2,1H3/t18-/m1/s1. The van der Waals surface area contributed by atoms with Crippen molar-refractivity contribution >= 4 is 5.82 Å². The summed E-state index contributed by atoms with van der Waals surface area (Å²) >= 11 is 0. The lowest BCUT2D eigenvalue weighted by atomic mass is 10.0. The van der Waals surface area contributed by atoms with Crippen molar-refractivity contribution in [2.75, 3.05) is 24.7 Å². The number of hydrogen-bond donors (Lipinski definition) is 0. The Labute approximate surface area is 153 Å². The van der Waals surface area contributed by atoms with Gasteiger partial charge in [0.25, 0.3) is 0 Å². The lowest BCUT2D eigenvalue weighted by molar-refractivity contribution is 0.0936. The molecule has 1 aliphatic rings. The van der Waals surface area contributed by atoms with Crippen LogP contribution in [0.5, 0.6) is 0 Å². The zero-order valence-electron chi connectivity index (χ0n) is 14.9. The van der Waals surface area contributed by atoms with E-state index < -0.39 is 0 Å². The van der Waals surface area contributed by atoms with Gasteiger partial charge in [0.2, 0.25) is 0 Å². The number of hydrogen-bond acceptors (Lipinski definition) is 5. The summed E-state index contributed by atoms with van der Waals surface area (Å²) in [7, 11) is 0. The van der Waals surface area contributed by atoms with E-state index in [1.54, 1.807) is 6.20 Å². The molecule has 1 saturated heterocycles. The van der Waals surface area contributed by atoms with Crippen LogP contribution in [0, 0.1) is 6.92 Å². The van der Waals surface area contributed by atoms with Crippen LogP contribution in [0.15, 0.2) is 60.8 Å². The van der Waals surface area contributed by atoms with Crippen molar-refractivity contribution in [3.05, 3.63) is 72.1 Å². The molecular formula is C21H22N4O. The molecule has 26 heavy (non-hydrogen) atoms. The summed E-state index contributed by atoms with van der Waals surface area (Å²) in [5.74, 6) is 1.62. The first-order chi connectivity index (χ1) is 12.8. The molecule has 3 heterocycles. The van der Waals surface area contributed by atoms with E-state index in [0.717, 1.165) is 30.2 Å². The van der Waals surface area contributed by atoms with Gasteiger partial charge < -0.3 is 9.64 Å². The minimum atomic E-state index is 0.261. The lowest BCUT2D eigenvalue weighted by Crippen LogP contribution is -2.47. The molecule has 0 aliphatic carbocycles. The summed E-state index contributed by atoms with van der Waals surface area (Å²) in [6.07, 6.45) is 2.70.